The Bertz CT molecular complexity index is 606. The van der Waals surface area contributed by atoms with Crippen LogP contribution in [0.1, 0.15) is 5.69 Å². The molecule has 0 unspecified atom stereocenters. The number of pyridine rings is 1. The summed E-state index contributed by atoms with van der Waals surface area (Å²) in [6.07, 6.45) is -2.72. The predicted octanol–water partition coefficient (Wildman–Crippen LogP) is 1.35. The molecule has 0 fully saturated rings. The fourth-order valence-corrected chi connectivity index (χ4v) is 1.53. The Morgan fingerprint density at radius 3 is 2.83 bits per heavy atom. The second-order valence-electron chi connectivity index (χ2n) is 3.73. The minimum absolute atomic E-state index is 0.0971. The van der Waals surface area contributed by atoms with Gasteiger partial charge in [-0.3, -0.25) is 9.20 Å². The smallest absolute Gasteiger partial charge is 0.303 e. The van der Waals surface area contributed by atoms with E-state index in [1.54, 1.807) is 24.4 Å². The highest BCUT2D eigenvalue weighted by Gasteiger charge is 2.26. The molecule has 96 valence electrons. The van der Waals surface area contributed by atoms with Crippen LogP contribution >= 0.6 is 0 Å². The summed E-state index contributed by atoms with van der Waals surface area (Å²) >= 11 is 0. The van der Waals surface area contributed by atoms with Crippen LogP contribution in [0.15, 0.2) is 35.3 Å². The van der Waals surface area contributed by atoms with Crippen LogP contribution in [0.5, 0.6) is 0 Å². The first-order valence-electron chi connectivity index (χ1n) is 5.20. The molecule has 18 heavy (non-hydrogen) atoms. The molecular weight excluding hydrogens is 247 g/mol. The van der Waals surface area contributed by atoms with Gasteiger partial charge in [-0.15, -0.1) is 0 Å². The first-order valence-corrected chi connectivity index (χ1v) is 5.20. The lowest BCUT2D eigenvalue weighted by Gasteiger charge is -2.08. The van der Waals surface area contributed by atoms with E-state index in [2.05, 4.69) is 10.3 Å². The Morgan fingerprint density at radius 2 is 2.11 bits per heavy atom. The standard InChI is InChI=1S/C11H10F3N3O/c12-11(13,14)7-15-6-8-5-10(18)17-4-2-1-3-9(17)16-8/h1-5,15H,6-7H2. The number of aromatic nitrogens is 2. The van der Waals surface area contributed by atoms with Gasteiger partial charge in [0.2, 0.25) is 0 Å². The van der Waals surface area contributed by atoms with Crippen molar-refractivity contribution in [2.75, 3.05) is 6.54 Å². The lowest BCUT2D eigenvalue weighted by molar-refractivity contribution is -0.125. The number of nitrogens with zero attached hydrogens (tertiary/aromatic N) is 2. The summed E-state index contributed by atoms with van der Waals surface area (Å²) in [7, 11) is 0. The number of nitrogens with one attached hydrogen (secondary N) is 1. The maximum Gasteiger partial charge on any atom is 0.401 e. The van der Waals surface area contributed by atoms with Crippen LogP contribution in [-0.2, 0) is 6.54 Å². The van der Waals surface area contributed by atoms with Crippen molar-refractivity contribution in [3.8, 4) is 0 Å². The Morgan fingerprint density at radius 1 is 1.33 bits per heavy atom. The predicted molar refractivity (Wildman–Crippen MR) is 59.2 cm³/mol. The van der Waals surface area contributed by atoms with Crippen LogP contribution in [0, 0.1) is 0 Å². The Hall–Kier alpha value is -1.89. The topological polar surface area (TPSA) is 46.4 Å². The fourth-order valence-electron chi connectivity index (χ4n) is 1.53. The fraction of sp³-hybridized carbons (Fsp3) is 0.273. The first kappa shape index (κ1) is 12.6. The third-order valence-corrected chi connectivity index (χ3v) is 2.26. The molecule has 0 atom stereocenters. The van der Waals surface area contributed by atoms with E-state index in [0.29, 0.717) is 5.65 Å². The summed E-state index contributed by atoms with van der Waals surface area (Å²) < 4.78 is 37.2. The number of hydrogen-bond acceptors (Lipinski definition) is 3. The first-order chi connectivity index (χ1) is 8.46. The van der Waals surface area contributed by atoms with Crippen molar-refractivity contribution in [2.45, 2.75) is 12.7 Å². The molecule has 2 aromatic rings. The summed E-state index contributed by atoms with van der Waals surface area (Å²) in [5.74, 6) is 0. The van der Waals surface area contributed by atoms with Gasteiger partial charge in [0.05, 0.1) is 12.2 Å². The van der Waals surface area contributed by atoms with Gasteiger partial charge in [0.15, 0.2) is 0 Å². The summed E-state index contributed by atoms with van der Waals surface area (Å²) in [5, 5.41) is 2.20. The zero-order chi connectivity index (χ0) is 13.2. The monoisotopic (exact) mass is 257 g/mol. The summed E-state index contributed by atoms with van der Waals surface area (Å²) in [6.45, 7) is -1.21. The van der Waals surface area contributed by atoms with E-state index in [0.717, 1.165) is 0 Å². The van der Waals surface area contributed by atoms with Crippen LogP contribution in [0.2, 0.25) is 0 Å². The van der Waals surface area contributed by atoms with Crippen LogP contribution in [0.4, 0.5) is 13.2 Å². The van der Waals surface area contributed by atoms with Crippen LogP contribution < -0.4 is 10.9 Å². The highest BCUT2D eigenvalue weighted by atomic mass is 19.4. The van der Waals surface area contributed by atoms with Crippen molar-refractivity contribution in [1.82, 2.24) is 14.7 Å². The van der Waals surface area contributed by atoms with E-state index in [1.807, 2.05) is 0 Å². The van der Waals surface area contributed by atoms with E-state index >= 15 is 0 Å². The summed E-state index contributed by atoms with van der Waals surface area (Å²) in [5.41, 5.74) is 0.383. The molecular formula is C11H10F3N3O. The lowest BCUT2D eigenvalue weighted by Crippen LogP contribution is -2.29. The van der Waals surface area contributed by atoms with E-state index in [9.17, 15) is 18.0 Å². The number of halogens is 3. The number of fused-ring (bicyclic) bond motifs is 1. The molecule has 0 aliphatic heterocycles. The van der Waals surface area contributed by atoms with E-state index in [4.69, 9.17) is 0 Å². The summed E-state index contributed by atoms with van der Waals surface area (Å²) in [4.78, 5) is 15.7. The minimum atomic E-state index is -4.27. The summed E-state index contributed by atoms with van der Waals surface area (Å²) in [6, 6.07) is 6.22. The molecule has 7 heteroatoms. The molecule has 2 heterocycles. The van der Waals surface area contributed by atoms with Gasteiger partial charge in [0.1, 0.15) is 5.65 Å². The zero-order valence-corrected chi connectivity index (χ0v) is 9.24. The zero-order valence-electron chi connectivity index (χ0n) is 9.24. The van der Waals surface area contributed by atoms with E-state index in [1.165, 1.54) is 10.5 Å². The van der Waals surface area contributed by atoms with Crippen molar-refractivity contribution >= 4 is 5.65 Å². The van der Waals surface area contributed by atoms with Gasteiger partial charge in [0, 0.05) is 18.8 Å². The van der Waals surface area contributed by atoms with Crippen LogP contribution in [0.25, 0.3) is 5.65 Å². The molecule has 0 amide bonds. The van der Waals surface area contributed by atoms with Crippen LogP contribution in [-0.4, -0.2) is 22.1 Å². The van der Waals surface area contributed by atoms with E-state index < -0.39 is 12.7 Å². The average molecular weight is 257 g/mol. The highest BCUT2D eigenvalue weighted by molar-refractivity contribution is 5.37. The second-order valence-corrected chi connectivity index (χ2v) is 3.73. The largest absolute Gasteiger partial charge is 0.401 e. The quantitative estimate of drug-likeness (QED) is 0.902. The molecule has 0 saturated heterocycles. The molecule has 0 aromatic carbocycles. The van der Waals surface area contributed by atoms with Crippen molar-refractivity contribution in [2.24, 2.45) is 0 Å². The average Bonchev–Trinajstić information content (AvgIpc) is 2.27. The number of rotatable bonds is 3. The molecule has 0 bridgehead atoms. The normalized spacial score (nSPS) is 11.9. The molecule has 0 aliphatic carbocycles. The maximum absolute atomic E-state index is 11.9. The van der Waals surface area contributed by atoms with Gasteiger partial charge in [0.25, 0.3) is 5.56 Å². The SMILES string of the molecule is O=c1cc(CNCC(F)(F)F)nc2ccccn12. The second kappa shape index (κ2) is 4.77. The van der Waals surface area contributed by atoms with Gasteiger partial charge < -0.3 is 5.32 Å². The number of alkyl halides is 3. The maximum atomic E-state index is 11.9. The van der Waals surface area contributed by atoms with Crippen molar-refractivity contribution < 1.29 is 13.2 Å². The molecule has 0 spiro atoms. The number of hydrogen-bond donors (Lipinski definition) is 1. The van der Waals surface area contributed by atoms with E-state index in [-0.39, 0.29) is 17.8 Å². The van der Waals surface area contributed by atoms with Gasteiger partial charge in [-0.2, -0.15) is 13.2 Å². The van der Waals surface area contributed by atoms with Gasteiger partial charge in [-0.1, -0.05) is 6.07 Å². The van der Waals surface area contributed by atoms with Crippen molar-refractivity contribution in [3.05, 3.63) is 46.5 Å². The molecule has 4 nitrogen and oxygen atoms in total. The van der Waals surface area contributed by atoms with Gasteiger partial charge in [-0.25, -0.2) is 4.98 Å². The van der Waals surface area contributed by atoms with Gasteiger partial charge in [-0.05, 0) is 12.1 Å². The van der Waals surface area contributed by atoms with Crippen LogP contribution in [0.3, 0.4) is 0 Å². The Kier molecular flexibility index (Phi) is 3.33. The van der Waals surface area contributed by atoms with Gasteiger partial charge >= 0.3 is 6.18 Å². The Balaban J connectivity index is 2.17. The molecule has 2 aromatic heterocycles. The molecule has 1 N–H and O–H groups in total. The molecule has 0 saturated carbocycles. The molecule has 0 aliphatic rings. The minimum Gasteiger partial charge on any atom is -0.303 e. The highest BCUT2D eigenvalue weighted by Crippen LogP contribution is 2.12. The lowest BCUT2D eigenvalue weighted by atomic mass is 10.3. The third-order valence-electron chi connectivity index (χ3n) is 2.26. The Labute approximate surface area is 100 Å². The van der Waals surface area contributed by atoms with Crippen molar-refractivity contribution in [3.63, 3.8) is 0 Å². The molecule has 2 rings (SSSR count). The van der Waals surface area contributed by atoms with Crippen molar-refractivity contribution in [1.29, 1.82) is 0 Å². The molecule has 0 radical (unpaired) electrons. The third kappa shape index (κ3) is 3.07.